The molecule has 32 heavy (non-hydrogen) atoms. The van der Waals surface area contributed by atoms with E-state index in [2.05, 4.69) is 15.4 Å². The van der Waals surface area contributed by atoms with Gasteiger partial charge in [-0.05, 0) is 53.2 Å². The molecule has 2 aromatic heterocycles. The molecule has 0 N–H and O–H groups in total. The quantitative estimate of drug-likeness (QED) is 0.425. The van der Waals surface area contributed by atoms with E-state index in [1.165, 1.54) is 4.57 Å². The van der Waals surface area contributed by atoms with Crippen molar-refractivity contribution in [3.63, 3.8) is 0 Å². The van der Waals surface area contributed by atoms with Gasteiger partial charge in [0.1, 0.15) is 12.4 Å². The average Bonchev–Trinajstić information content (AvgIpc) is 3.15. The molecule has 0 saturated heterocycles. The number of aryl methyl sites for hydroxylation is 1. The zero-order valence-corrected chi connectivity index (χ0v) is 17.8. The Morgan fingerprint density at radius 1 is 0.844 bits per heavy atom. The van der Waals surface area contributed by atoms with Crippen LogP contribution in [-0.2, 0) is 6.54 Å². The van der Waals surface area contributed by atoms with E-state index in [0.29, 0.717) is 33.1 Å². The van der Waals surface area contributed by atoms with Crippen molar-refractivity contribution in [3.05, 3.63) is 110 Å². The van der Waals surface area contributed by atoms with Crippen molar-refractivity contribution in [2.24, 2.45) is 0 Å². The zero-order chi connectivity index (χ0) is 22.2. The second-order valence-corrected chi connectivity index (χ2v) is 7.66. The van der Waals surface area contributed by atoms with Crippen LogP contribution in [0.25, 0.3) is 22.3 Å². The van der Waals surface area contributed by atoms with Crippen LogP contribution in [0.5, 0.6) is 0 Å². The highest BCUT2D eigenvalue weighted by atomic mass is 35.5. The molecule has 0 amide bonds. The molecule has 0 aliphatic carbocycles. The van der Waals surface area contributed by atoms with Gasteiger partial charge in [0.2, 0.25) is 0 Å². The summed E-state index contributed by atoms with van der Waals surface area (Å²) in [5.74, 6) is 0.372. The van der Waals surface area contributed by atoms with E-state index in [0.717, 1.165) is 14.9 Å². The second kappa shape index (κ2) is 7.90. The SMILES string of the molecule is Cc1ccccc1-n1c(Cn2nnn(-c3ccccc3Cl)c2=O)nc2ccccc2c1=O. The molecular formula is C23H17ClN6O2. The van der Waals surface area contributed by atoms with Gasteiger partial charge in [-0.15, -0.1) is 0 Å². The lowest BCUT2D eigenvalue weighted by Crippen LogP contribution is -2.30. The maximum Gasteiger partial charge on any atom is 0.368 e. The van der Waals surface area contributed by atoms with Crippen molar-refractivity contribution in [1.82, 2.24) is 29.3 Å². The molecule has 5 aromatic rings. The molecule has 0 saturated carbocycles. The lowest BCUT2D eigenvalue weighted by molar-refractivity contribution is 0.595. The monoisotopic (exact) mass is 444 g/mol. The van der Waals surface area contributed by atoms with Gasteiger partial charge in [0.15, 0.2) is 0 Å². The Hall–Kier alpha value is -4.04. The normalized spacial score (nSPS) is 11.2. The molecule has 3 aromatic carbocycles. The molecule has 9 heteroatoms. The van der Waals surface area contributed by atoms with Crippen LogP contribution in [0.2, 0.25) is 5.02 Å². The van der Waals surface area contributed by atoms with Crippen LogP contribution < -0.4 is 11.2 Å². The van der Waals surface area contributed by atoms with Crippen molar-refractivity contribution >= 4 is 22.5 Å². The van der Waals surface area contributed by atoms with Gasteiger partial charge in [0.05, 0.1) is 27.3 Å². The first-order valence-corrected chi connectivity index (χ1v) is 10.3. The molecule has 0 radical (unpaired) electrons. The third-order valence-corrected chi connectivity index (χ3v) is 5.53. The number of hydrogen-bond donors (Lipinski definition) is 0. The Balaban J connectivity index is 1.70. The molecule has 0 spiro atoms. The van der Waals surface area contributed by atoms with Gasteiger partial charge >= 0.3 is 5.69 Å². The maximum atomic E-state index is 13.4. The first-order valence-electron chi connectivity index (χ1n) is 9.89. The van der Waals surface area contributed by atoms with E-state index in [1.807, 2.05) is 37.3 Å². The molecule has 0 bridgehead atoms. The Morgan fingerprint density at radius 2 is 1.53 bits per heavy atom. The van der Waals surface area contributed by atoms with Crippen LogP contribution in [0, 0.1) is 6.92 Å². The van der Waals surface area contributed by atoms with Crippen molar-refractivity contribution in [3.8, 4) is 11.4 Å². The lowest BCUT2D eigenvalue weighted by Gasteiger charge is -2.15. The van der Waals surface area contributed by atoms with Gasteiger partial charge in [-0.25, -0.2) is 9.78 Å². The van der Waals surface area contributed by atoms with Crippen LogP contribution in [0.1, 0.15) is 11.4 Å². The van der Waals surface area contributed by atoms with E-state index in [-0.39, 0.29) is 12.1 Å². The topological polar surface area (TPSA) is 87.6 Å². The lowest BCUT2D eigenvalue weighted by atomic mass is 10.2. The van der Waals surface area contributed by atoms with Crippen LogP contribution >= 0.6 is 11.6 Å². The van der Waals surface area contributed by atoms with Crippen LogP contribution in [0.15, 0.2) is 82.4 Å². The number of nitrogens with zero attached hydrogens (tertiary/aromatic N) is 6. The predicted octanol–water partition coefficient (Wildman–Crippen LogP) is 3.14. The smallest absolute Gasteiger partial charge is 0.268 e. The molecule has 0 unspecified atom stereocenters. The summed E-state index contributed by atoms with van der Waals surface area (Å²) in [4.78, 5) is 31.1. The highest BCUT2D eigenvalue weighted by molar-refractivity contribution is 6.32. The number of fused-ring (bicyclic) bond motifs is 1. The summed E-state index contributed by atoms with van der Waals surface area (Å²) in [6, 6.07) is 21.5. The second-order valence-electron chi connectivity index (χ2n) is 7.25. The fraction of sp³-hybridized carbons (Fsp3) is 0.0870. The summed E-state index contributed by atoms with van der Waals surface area (Å²) in [7, 11) is 0. The molecule has 158 valence electrons. The third kappa shape index (κ3) is 3.30. The molecule has 0 aliphatic heterocycles. The van der Waals surface area contributed by atoms with E-state index in [4.69, 9.17) is 11.6 Å². The predicted molar refractivity (Wildman–Crippen MR) is 122 cm³/mol. The van der Waals surface area contributed by atoms with Crippen LogP contribution in [0.3, 0.4) is 0 Å². The molecule has 8 nitrogen and oxygen atoms in total. The summed E-state index contributed by atoms with van der Waals surface area (Å²) < 4.78 is 3.81. The Morgan fingerprint density at radius 3 is 2.31 bits per heavy atom. The van der Waals surface area contributed by atoms with Crippen molar-refractivity contribution in [2.75, 3.05) is 0 Å². The Bertz CT molecular complexity index is 1580. The van der Waals surface area contributed by atoms with Crippen molar-refractivity contribution in [1.29, 1.82) is 0 Å². The van der Waals surface area contributed by atoms with Gasteiger partial charge in [0, 0.05) is 0 Å². The Kier molecular flexibility index (Phi) is 4.91. The highest BCUT2D eigenvalue weighted by Gasteiger charge is 2.18. The summed E-state index contributed by atoms with van der Waals surface area (Å²) in [5, 5.41) is 8.83. The standard InChI is InChI=1S/C23H17ClN6O2/c1-15-8-2-6-12-19(15)29-21(25-18-11-5-3-9-16(18)22(29)31)14-28-23(32)30(27-26-28)20-13-7-4-10-17(20)24/h2-13H,14H2,1H3. The maximum absolute atomic E-state index is 13.4. The van der Waals surface area contributed by atoms with E-state index < -0.39 is 5.69 Å². The molecule has 2 heterocycles. The number of rotatable bonds is 4. The largest absolute Gasteiger partial charge is 0.368 e. The minimum absolute atomic E-state index is 0.0440. The van der Waals surface area contributed by atoms with Crippen molar-refractivity contribution < 1.29 is 0 Å². The van der Waals surface area contributed by atoms with Gasteiger partial charge in [-0.1, -0.05) is 54.1 Å². The minimum atomic E-state index is -0.489. The Labute approximate surface area is 186 Å². The van der Waals surface area contributed by atoms with Crippen LogP contribution in [-0.4, -0.2) is 29.3 Å². The fourth-order valence-corrected chi connectivity index (χ4v) is 3.85. The molecule has 0 atom stereocenters. The zero-order valence-electron chi connectivity index (χ0n) is 17.0. The molecule has 5 rings (SSSR count). The van der Waals surface area contributed by atoms with E-state index in [1.54, 1.807) is 42.5 Å². The van der Waals surface area contributed by atoms with Crippen molar-refractivity contribution in [2.45, 2.75) is 13.5 Å². The van der Waals surface area contributed by atoms with Gasteiger partial charge in [0.25, 0.3) is 5.56 Å². The number of halogens is 1. The number of hydrogen-bond acceptors (Lipinski definition) is 5. The number of aromatic nitrogens is 6. The average molecular weight is 445 g/mol. The molecule has 0 fully saturated rings. The number of para-hydroxylation sites is 3. The van der Waals surface area contributed by atoms with Gasteiger partial charge < -0.3 is 0 Å². The number of tetrazole rings is 1. The summed E-state index contributed by atoms with van der Waals surface area (Å²) in [5.41, 5.74) is 1.86. The summed E-state index contributed by atoms with van der Waals surface area (Å²) in [6.07, 6.45) is 0. The first kappa shape index (κ1) is 19.9. The van der Waals surface area contributed by atoms with Gasteiger partial charge in [-0.3, -0.25) is 9.36 Å². The number of benzene rings is 3. The van der Waals surface area contributed by atoms with E-state index >= 15 is 0 Å². The molecule has 0 aliphatic rings. The van der Waals surface area contributed by atoms with Crippen LogP contribution in [0.4, 0.5) is 0 Å². The van der Waals surface area contributed by atoms with Gasteiger partial charge in [-0.2, -0.15) is 9.36 Å². The molecular weight excluding hydrogens is 428 g/mol. The highest BCUT2D eigenvalue weighted by Crippen LogP contribution is 2.18. The third-order valence-electron chi connectivity index (χ3n) is 5.21. The first-order chi connectivity index (χ1) is 15.5. The summed E-state index contributed by atoms with van der Waals surface area (Å²) in [6.45, 7) is 1.87. The fourth-order valence-electron chi connectivity index (χ4n) is 3.63. The van der Waals surface area contributed by atoms with E-state index in [9.17, 15) is 9.59 Å². The minimum Gasteiger partial charge on any atom is -0.268 e. The summed E-state index contributed by atoms with van der Waals surface area (Å²) >= 11 is 6.21.